The van der Waals surface area contributed by atoms with Crippen LogP contribution in [0.25, 0.3) is 0 Å². The van der Waals surface area contributed by atoms with Crippen LogP contribution in [-0.4, -0.2) is 35.9 Å². The van der Waals surface area contributed by atoms with Crippen molar-refractivity contribution >= 4 is 5.82 Å². The first-order valence-electron chi connectivity index (χ1n) is 8.63. The van der Waals surface area contributed by atoms with E-state index in [1.807, 2.05) is 17.0 Å². The van der Waals surface area contributed by atoms with Crippen molar-refractivity contribution in [2.75, 3.05) is 25.1 Å². The lowest BCUT2D eigenvalue weighted by Gasteiger charge is -2.36. The van der Waals surface area contributed by atoms with Crippen LogP contribution in [-0.2, 0) is 18.2 Å². The molecule has 0 bridgehead atoms. The predicted octanol–water partition coefficient (Wildman–Crippen LogP) is 2.39. The molecule has 0 radical (unpaired) electrons. The Morgan fingerprint density at radius 3 is 2.72 bits per heavy atom. The van der Waals surface area contributed by atoms with Crippen LogP contribution in [0.5, 0.6) is 0 Å². The number of benzene rings is 1. The van der Waals surface area contributed by atoms with Gasteiger partial charge in [-0.25, -0.2) is 9.37 Å². The molecule has 1 aliphatic rings. The first-order chi connectivity index (χ1) is 12.1. The molecule has 3 rings (SSSR count). The Kier molecular flexibility index (Phi) is 5.48. The molecular weight excluding hydrogens is 321 g/mol. The third-order valence-electron chi connectivity index (χ3n) is 5.05. The van der Waals surface area contributed by atoms with E-state index in [1.165, 1.54) is 6.07 Å². The molecule has 2 aromatic rings. The lowest BCUT2D eigenvalue weighted by molar-refractivity contribution is 0.0416. The summed E-state index contributed by atoms with van der Waals surface area (Å²) in [6, 6.07) is 6.85. The number of anilines is 1. The highest BCUT2D eigenvalue weighted by Gasteiger charge is 2.28. The molecule has 5 nitrogen and oxygen atoms in total. The third-order valence-corrected chi connectivity index (χ3v) is 5.05. The highest BCUT2D eigenvalue weighted by molar-refractivity contribution is 5.36. The summed E-state index contributed by atoms with van der Waals surface area (Å²) in [5, 5.41) is 0. The summed E-state index contributed by atoms with van der Waals surface area (Å²) in [5.41, 5.74) is 0.617. The summed E-state index contributed by atoms with van der Waals surface area (Å²) < 4.78 is 21.1. The number of methoxy groups -OCH3 is 1. The Labute approximate surface area is 147 Å². The van der Waals surface area contributed by atoms with Crippen LogP contribution in [0.15, 0.2) is 41.5 Å². The first kappa shape index (κ1) is 17.6. The average Bonchev–Trinajstić information content (AvgIpc) is 2.64. The maximum Gasteiger partial charge on any atom is 0.293 e. The van der Waals surface area contributed by atoms with Crippen molar-refractivity contribution in [3.8, 4) is 0 Å². The minimum Gasteiger partial charge on any atom is -0.381 e. The molecule has 134 valence electrons. The Balaban J connectivity index is 1.65. The van der Waals surface area contributed by atoms with E-state index >= 15 is 0 Å². The molecule has 6 heteroatoms. The van der Waals surface area contributed by atoms with E-state index in [1.54, 1.807) is 37.2 Å². The monoisotopic (exact) mass is 345 g/mol. The van der Waals surface area contributed by atoms with Crippen molar-refractivity contribution in [3.05, 3.63) is 58.4 Å². The van der Waals surface area contributed by atoms with Gasteiger partial charge in [-0.05, 0) is 30.4 Å². The molecule has 25 heavy (non-hydrogen) atoms. The molecule has 1 aromatic heterocycles. The second-order valence-corrected chi connectivity index (χ2v) is 6.56. The van der Waals surface area contributed by atoms with Gasteiger partial charge in [0, 0.05) is 46.1 Å². The number of hydrogen-bond donors (Lipinski definition) is 0. The van der Waals surface area contributed by atoms with E-state index in [-0.39, 0.29) is 17.5 Å². The van der Waals surface area contributed by atoms with Gasteiger partial charge >= 0.3 is 0 Å². The van der Waals surface area contributed by atoms with Crippen molar-refractivity contribution in [1.82, 2.24) is 9.55 Å². The normalized spacial score (nSPS) is 16.8. The highest BCUT2D eigenvalue weighted by atomic mass is 19.1. The Morgan fingerprint density at radius 2 is 2.04 bits per heavy atom. The van der Waals surface area contributed by atoms with E-state index in [0.29, 0.717) is 23.7 Å². The number of aryl methyl sites for hydroxylation is 1. The predicted molar refractivity (Wildman–Crippen MR) is 95.3 cm³/mol. The van der Waals surface area contributed by atoms with Crippen molar-refractivity contribution < 1.29 is 9.13 Å². The quantitative estimate of drug-likeness (QED) is 0.835. The zero-order chi connectivity index (χ0) is 17.8. The van der Waals surface area contributed by atoms with Gasteiger partial charge in [0.05, 0.1) is 6.10 Å². The van der Waals surface area contributed by atoms with Crippen LogP contribution < -0.4 is 10.5 Å². The van der Waals surface area contributed by atoms with Gasteiger partial charge in [-0.3, -0.25) is 4.79 Å². The molecule has 1 aromatic carbocycles. The van der Waals surface area contributed by atoms with Gasteiger partial charge < -0.3 is 14.2 Å². The van der Waals surface area contributed by atoms with Crippen LogP contribution in [0.4, 0.5) is 10.2 Å². The Hall–Kier alpha value is -2.21. The number of piperidine rings is 1. The van der Waals surface area contributed by atoms with Gasteiger partial charge in [0.2, 0.25) is 0 Å². The zero-order valence-corrected chi connectivity index (χ0v) is 14.7. The summed E-state index contributed by atoms with van der Waals surface area (Å²) in [6.07, 6.45) is 5.65. The second kappa shape index (κ2) is 7.78. The molecule has 1 saturated heterocycles. The maximum absolute atomic E-state index is 13.9. The molecule has 1 fully saturated rings. The Morgan fingerprint density at radius 1 is 1.32 bits per heavy atom. The SMILES string of the molecule is COC(Cc1ccccc1F)C1CCN(c2nccn(C)c2=O)CC1. The van der Waals surface area contributed by atoms with E-state index in [0.717, 1.165) is 25.9 Å². The molecule has 0 spiro atoms. The molecule has 1 atom stereocenters. The van der Waals surface area contributed by atoms with Crippen LogP contribution >= 0.6 is 0 Å². The van der Waals surface area contributed by atoms with Crippen LogP contribution in [0, 0.1) is 11.7 Å². The lowest BCUT2D eigenvalue weighted by atomic mass is 9.87. The Bertz CT molecular complexity index is 769. The standard InChI is InChI=1S/C19H24FN3O2/c1-22-12-9-21-18(19(22)24)23-10-7-14(8-11-23)17(25-2)13-15-5-3-4-6-16(15)20/h3-6,9,12,14,17H,7-8,10-11,13H2,1-2H3. The molecule has 1 unspecified atom stereocenters. The lowest BCUT2D eigenvalue weighted by Crippen LogP contribution is -2.42. The topological polar surface area (TPSA) is 47.4 Å². The van der Waals surface area contributed by atoms with Gasteiger partial charge in [-0.2, -0.15) is 0 Å². The third kappa shape index (κ3) is 3.90. The van der Waals surface area contributed by atoms with Crippen molar-refractivity contribution in [3.63, 3.8) is 0 Å². The molecule has 1 aliphatic heterocycles. The minimum absolute atomic E-state index is 0.0226. The maximum atomic E-state index is 13.9. The summed E-state index contributed by atoms with van der Waals surface area (Å²) in [4.78, 5) is 18.5. The molecule has 0 amide bonds. The van der Waals surface area contributed by atoms with E-state index in [2.05, 4.69) is 4.98 Å². The van der Waals surface area contributed by atoms with Crippen LogP contribution in [0.3, 0.4) is 0 Å². The molecule has 0 aliphatic carbocycles. The largest absolute Gasteiger partial charge is 0.381 e. The summed E-state index contributed by atoms with van der Waals surface area (Å²) in [5.74, 6) is 0.666. The number of ether oxygens (including phenoxy) is 1. The first-order valence-corrected chi connectivity index (χ1v) is 8.63. The van der Waals surface area contributed by atoms with E-state index in [4.69, 9.17) is 4.74 Å². The van der Waals surface area contributed by atoms with Crippen molar-refractivity contribution in [2.24, 2.45) is 13.0 Å². The number of hydrogen-bond acceptors (Lipinski definition) is 4. The van der Waals surface area contributed by atoms with Crippen molar-refractivity contribution in [1.29, 1.82) is 0 Å². The fourth-order valence-corrected chi connectivity index (χ4v) is 3.51. The molecule has 2 heterocycles. The number of halogens is 1. The van der Waals surface area contributed by atoms with Gasteiger partial charge in [0.15, 0.2) is 5.82 Å². The number of aromatic nitrogens is 2. The van der Waals surface area contributed by atoms with Gasteiger partial charge in [-0.1, -0.05) is 18.2 Å². The fourth-order valence-electron chi connectivity index (χ4n) is 3.51. The molecular formula is C19H24FN3O2. The van der Waals surface area contributed by atoms with Crippen LogP contribution in [0.2, 0.25) is 0 Å². The van der Waals surface area contributed by atoms with Gasteiger partial charge in [-0.15, -0.1) is 0 Å². The average molecular weight is 345 g/mol. The smallest absolute Gasteiger partial charge is 0.293 e. The molecule has 0 saturated carbocycles. The summed E-state index contributed by atoms with van der Waals surface area (Å²) >= 11 is 0. The van der Waals surface area contributed by atoms with Crippen LogP contribution in [0.1, 0.15) is 18.4 Å². The second-order valence-electron chi connectivity index (χ2n) is 6.56. The minimum atomic E-state index is -0.182. The highest BCUT2D eigenvalue weighted by Crippen LogP contribution is 2.26. The summed E-state index contributed by atoms with van der Waals surface area (Å²) in [6.45, 7) is 1.52. The fraction of sp³-hybridized carbons (Fsp3) is 0.474. The number of nitrogens with zero attached hydrogens (tertiary/aromatic N) is 3. The van der Waals surface area contributed by atoms with E-state index < -0.39 is 0 Å². The van der Waals surface area contributed by atoms with Crippen molar-refractivity contribution in [2.45, 2.75) is 25.4 Å². The summed E-state index contributed by atoms with van der Waals surface area (Å²) in [7, 11) is 3.42. The van der Waals surface area contributed by atoms with Gasteiger partial charge in [0.1, 0.15) is 5.82 Å². The zero-order valence-electron chi connectivity index (χ0n) is 14.7. The number of rotatable bonds is 5. The molecule has 0 N–H and O–H groups in total. The van der Waals surface area contributed by atoms with E-state index in [9.17, 15) is 9.18 Å². The van der Waals surface area contributed by atoms with Gasteiger partial charge in [0.25, 0.3) is 5.56 Å².